The lowest BCUT2D eigenvalue weighted by molar-refractivity contribution is -0.386. The summed E-state index contributed by atoms with van der Waals surface area (Å²) in [5.74, 6) is -0.449. The second-order valence-electron chi connectivity index (χ2n) is 11.9. The largest absolute Gasteiger partial charge is 0.489 e. The van der Waals surface area contributed by atoms with Crippen LogP contribution in [0.15, 0.2) is 30.3 Å². The Balaban J connectivity index is 0.000000330. The van der Waals surface area contributed by atoms with Gasteiger partial charge in [-0.25, -0.2) is 4.79 Å². The number of carbonyl (C=O) groups excluding carboxylic acids is 1. The van der Waals surface area contributed by atoms with Crippen LogP contribution >= 0.6 is 0 Å². The van der Waals surface area contributed by atoms with E-state index in [1.807, 2.05) is 6.92 Å². The first-order chi connectivity index (χ1) is 26.6. The summed E-state index contributed by atoms with van der Waals surface area (Å²) < 4.78 is 122. The molecule has 2 aromatic rings. The predicted octanol–water partition coefficient (Wildman–Crippen LogP) is 7.55. The third-order valence-corrected chi connectivity index (χ3v) is 7.31. The Labute approximate surface area is 288 Å². The summed E-state index contributed by atoms with van der Waals surface area (Å²) in [4.78, 5) is 24.5. The Bertz CT molecular complexity index is 1850. The summed E-state index contributed by atoms with van der Waals surface area (Å²) in [6.45, 7) is -2.14. The summed E-state index contributed by atoms with van der Waals surface area (Å²) in [6, 6.07) is 5.57. The number of ether oxygens (including phenoxy) is 3. The van der Waals surface area contributed by atoms with E-state index in [1.165, 1.54) is 11.0 Å². The molecule has 2 aliphatic heterocycles. The third kappa shape index (κ3) is 10.4. The molecule has 1 amide bonds. The standard InChI is InChI=1S/C20H28N2O5.C15H24N2O/c1-13(2)26-18-12-16(14(3)11-17(18)22(24)25)15-7-9-21(10-8-15)19(23)27-20(4,5)6;1-10(2)18-15-9-13(11(3)8-14(15)16)12-4-6-17-7-5-12/h7,11-13H,8-10H2,1-6H3;8-10,12,17H,4-7,16H2,1-3H3/i1D3,2D3,13D;1D3,2D3,10D. The van der Waals surface area contributed by atoms with Gasteiger partial charge in [0.25, 0.3) is 0 Å². The molecule has 248 valence electrons. The molecule has 2 aromatic carbocycles. The van der Waals surface area contributed by atoms with Crippen LogP contribution in [-0.2, 0) is 4.74 Å². The lowest BCUT2D eigenvalue weighted by atomic mass is 9.87. The van der Waals surface area contributed by atoms with E-state index in [-0.39, 0.29) is 23.9 Å². The van der Waals surface area contributed by atoms with Crippen molar-refractivity contribution < 1.29 is 43.1 Å². The zero-order valence-electron chi connectivity index (χ0n) is 40.3. The van der Waals surface area contributed by atoms with Gasteiger partial charge in [-0.1, -0.05) is 6.08 Å². The first kappa shape index (κ1) is 20.4. The minimum Gasteiger partial charge on any atom is -0.489 e. The molecule has 0 saturated carbocycles. The van der Waals surface area contributed by atoms with Gasteiger partial charge in [-0.05, 0) is 146 Å². The number of nitrogens with two attached hydrogens (primary N) is 1. The molecule has 2 heterocycles. The van der Waals surface area contributed by atoms with E-state index < -0.39 is 67.6 Å². The highest BCUT2D eigenvalue weighted by Crippen LogP contribution is 2.37. The van der Waals surface area contributed by atoms with Crippen molar-refractivity contribution in [3.05, 3.63) is 62.7 Å². The van der Waals surface area contributed by atoms with E-state index in [1.54, 1.807) is 45.9 Å². The molecule has 0 aromatic heterocycles. The Hall–Kier alpha value is -3.79. The van der Waals surface area contributed by atoms with Crippen LogP contribution in [0.3, 0.4) is 0 Å². The number of nitro groups is 1. The number of nitro benzene ring substituents is 1. The molecule has 4 rings (SSSR count). The average Bonchev–Trinajstić information content (AvgIpc) is 3.08. The fourth-order valence-corrected chi connectivity index (χ4v) is 5.26. The first-order valence-corrected chi connectivity index (χ1v) is 14.6. The number of nitrogen functional groups attached to an aromatic ring is 1. The molecular weight excluding hydrogens is 572 g/mol. The van der Waals surface area contributed by atoms with E-state index in [0.717, 1.165) is 43.1 Å². The Morgan fingerprint density at radius 3 is 2.27 bits per heavy atom. The van der Waals surface area contributed by atoms with Crippen LogP contribution < -0.4 is 20.5 Å². The number of anilines is 1. The van der Waals surface area contributed by atoms with Gasteiger partial charge in [0.1, 0.15) is 11.4 Å². The van der Waals surface area contributed by atoms with Gasteiger partial charge in [0.2, 0.25) is 0 Å². The van der Waals surface area contributed by atoms with E-state index in [2.05, 4.69) is 5.32 Å². The highest BCUT2D eigenvalue weighted by Gasteiger charge is 2.26. The van der Waals surface area contributed by atoms with Crippen LogP contribution in [0.25, 0.3) is 5.57 Å². The molecule has 0 bridgehead atoms. The fraction of sp³-hybridized carbons (Fsp3) is 0.571. The van der Waals surface area contributed by atoms with Crippen molar-refractivity contribution >= 4 is 23.0 Å². The van der Waals surface area contributed by atoms with Gasteiger partial charge in [0.15, 0.2) is 5.75 Å². The third-order valence-electron chi connectivity index (χ3n) is 7.31. The van der Waals surface area contributed by atoms with Crippen molar-refractivity contribution in [2.75, 3.05) is 31.9 Å². The smallest absolute Gasteiger partial charge is 0.410 e. The molecule has 0 aliphatic carbocycles. The average molecular weight is 639 g/mol. The molecule has 10 nitrogen and oxygen atoms in total. The highest BCUT2D eigenvalue weighted by atomic mass is 16.6. The fourth-order valence-electron chi connectivity index (χ4n) is 5.26. The molecule has 1 saturated heterocycles. The van der Waals surface area contributed by atoms with Gasteiger partial charge >= 0.3 is 11.8 Å². The number of hydrogen-bond donors (Lipinski definition) is 2. The summed E-state index contributed by atoms with van der Waals surface area (Å²) in [5.41, 5.74) is 8.26. The monoisotopic (exact) mass is 638 g/mol. The second kappa shape index (κ2) is 15.5. The van der Waals surface area contributed by atoms with E-state index >= 15 is 0 Å². The van der Waals surface area contributed by atoms with Crippen LogP contribution in [-0.4, -0.2) is 59.9 Å². The molecule has 0 spiro atoms. The topological polar surface area (TPSA) is 129 Å². The van der Waals surface area contributed by atoms with Crippen LogP contribution in [0.4, 0.5) is 16.2 Å². The Kier molecular flexibility index (Phi) is 7.00. The number of nitrogens with one attached hydrogen (secondary N) is 1. The van der Waals surface area contributed by atoms with Crippen molar-refractivity contribution in [2.24, 2.45) is 0 Å². The minimum absolute atomic E-state index is 0.0682. The predicted molar refractivity (Wildman–Crippen MR) is 180 cm³/mol. The summed E-state index contributed by atoms with van der Waals surface area (Å²) >= 11 is 0. The summed E-state index contributed by atoms with van der Waals surface area (Å²) in [7, 11) is 0. The molecule has 3 N–H and O–H groups in total. The number of amides is 1. The van der Waals surface area contributed by atoms with Gasteiger partial charge in [-0.3, -0.25) is 10.1 Å². The van der Waals surface area contributed by atoms with Crippen LogP contribution in [0.2, 0.25) is 0 Å². The molecule has 2 aliphatic rings. The number of benzene rings is 2. The zero-order chi connectivity index (χ0) is 45.3. The Morgan fingerprint density at radius 1 is 1.07 bits per heavy atom. The number of rotatable bonds is 7. The minimum atomic E-state index is -3.42. The molecular formula is C35H52N4O6. The van der Waals surface area contributed by atoms with Crippen molar-refractivity contribution in [1.29, 1.82) is 0 Å². The normalized spacial score (nSPS) is 21.9. The first-order valence-electron chi connectivity index (χ1n) is 21.6. The lowest BCUT2D eigenvalue weighted by Crippen LogP contribution is -2.39. The number of carbonyl (C=O) groups is 1. The summed E-state index contributed by atoms with van der Waals surface area (Å²) in [6.07, 6.45) is -3.08. The lowest BCUT2D eigenvalue weighted by Gasteiger charge is -2.30. The Morgan fingerprint density at radius 2 is 1.71 bits per heavy atom. The maximum absolute atomic E-state index is 12.3. The molecule has 45 heavy (non-hydrogen) atoms. The number of hydrogen-bond acceptors (Lipinski definition) is 8. The molecule has 0 unspecified atom stereocenters. The maximum Gasteiger partial charge on any atom is 0.410 e. The zero-order valence-corrected chi connectivity index (χ0v) is 26.3. The van der Waals surface area contributed by atoms with Crippen molar-refractivity contribution in [3.63, 3.8) is 0 Å². The molecule has 0 atom stereocenters. The van der Waals surface area contributed by atoms with Crippen LogP contribution in [0, 0.1) is 24.0 Å². The summed E-state index contributed by atoms with van der Waals surface area (Å²) in [5, 5.41) is 14.9. The SMILES string of the molecule is [2H]C([2H])([2H])C([2H])(Oc1cc(C2=CCN(C(=O)OC(C)(C)C)CC2)c(C)cc1[N+](=O)[O-])C([2H])([2H])[2H].[2H]C([2H])([2H])C([2H])(Oc1cc(C2CCNCC2)c(C)cc1N)C([2H])([2H])[2H]. The second-order valence-corrected chi connectivity index (χ2v) is 11.9. The van der Waals surface area contributed by atoms with Gasteiger partial charge < -0.3 is 30.2 Å². The maximum atomic E-state index is 12.3. The number of aryl methyl sites for hydroxylation is 2. The van der Waals surface area contributed by atoms with Crippen molar-refractivity contribution in [2.45, 2.75) is 105 Å². The number of piperidine rings is 1. The van der Waals surface area contributed by atoms with Crippen molar-refractivity contribution in [1.82, 2.24) is 10.2 Å². The molecule has 10 heteroatoms. The van der Waals surface area contributed by atoms with Gasteiger partial charge in [-0.2, -0.15) is 0 Å². The molecule has 0 radical (unpaired) electrons. The number of nitrogens with zero attached hydrogens (tertiary/aromatic N) is 2. The quantitative estimate of drug-likeness (QED) is 0.181. The van der Waals surface area contributed by atoms with E-state index in [0.29, 0.717) is 29.7 Å². The van der Waals surface area contributed by atoms with E-state index in [4.69, 9.17) is 39.1 Å². The van der Waals surface area contributed by atoms with Crippen molar-refractivity contribution in [3.8, 4) is 11.5 Å². The van der Waals surface area contributed by atoms with Crippen LogP contribution in [0.5, 0.6) is 11.5 Å². The molecule has 1 fully saturated rings. The van der Waals surface area contributed by atoms with Crippen LogP contribution in [0.1, 0.15) is 115 Å². The van der Waals surface area contributed by atoms with Gasteiger partial charge in [0.05, 0.1) is 25.5 Å². The van der Waals surface area contributed by atoms with Gasteiger partial charge in [0, 0.05) is 35.6 Å². The van der Waals surface area contributed by atoms with Gasteiger partial charge in [-0.15, -0.1) is 0 Å². The highest BCUT2D eigenvalue weighted by molar-refractivity contribution is 5.75. The van der Waals surface area contributed by atoms with E-state index in [9.17, 15) is 14.9 Å².